The number of nitrogens with zero attached hydrogens (tertiary/aromatic N) is 4. The summed E-state index contributed by atoms with van der Waals surface area (Å²) in [5, 5.41) is 6.20. The van der Waals surface area contributed by atoms with E-state index in [2.05, 4.69) is 18.9 Å². The summed E-state index contributed by atoms with van der Waals surface area (Å²) >= 11 is 1.31. The molecule has 1 aromatic carbocycles. The Morgan fingerprint density at radius 2 is 1.93 bits per heavy atom. The average Bonchev–Trinajstić information content (AvgIpc) is 3.27. The van der Waals surface area contributed by atoms with Crippen LogP contribution in [0.3, 0.4) is 0 Å². The number of hydrogen-bond donors (Lipinski definition) is 0. The minimum Gasteiger partial charge on any atom is -0.292 e. The summed E-state index contributed by atoms with van der Waals surface area (Å²) in [5.74, 6) is 0.497. The second-order valence-corrected chi connectivity index (χ2v) is 9.01. The smallest absolute Gasteiger partial charge is 0.292 e. The van der Waals surface area contributed by atoms with Gasteiger partial charge in [0.2, 0.25) is 5.78 Å². The number of carbonyl (C=O) groups excluding carboxylic acids is 1. The van der Waals surface area contributed by atoms with E-state index in [9.17, 15) is 14.4 Å². The number of benzene rings is 1. The molecule has 3 aromatic heterocycles. The van der Waals surface area contributed by atoms with Gasteiger partial charge in [-0.3, -0.25) is 14.2 Å². The summed E-state index contributed by atoms with van der Waals surface area (Å²) in [6, 6.07) is 7.35. The van der Waals surface area contributed by atoms with Crippen LogP contribution in [0.25, 0.3) is 16.0 Å². The predicted octanol–water partition coefficient (Wildman–Crippen LogP) is 3.42. The van der Waals surface area contributed by atoms with Gasteiger partial charge >= 0.3 is 5.69 Å². The van der Waals surface area contributed by atoms with E-state index >= 15 is 0 Å². The summed E-state index contributed by atoms with van der Waals surface area (Å²) in [6.45, 7) is 8.31. The number of aromatic nitrogens is 4. The first kappa shape index (κ1) is 20.3. The highest BCUT2D eigenvalue weighted by molar-refractivity contribution is 7.17. The second-order valence-electron chi connectivity index (χ2n) is 8.09. The number of aryl methyl sites for hydroxylation is 3. The van der Waals surface area contributed by atoms with E-state index in [4.69, 9.17) is 0 Å². The first-order valence-electron chi connectivity index (χ1n) is 9.98. The highest BCUT2D eigenvalue weighted by Gasteiger charge is 2.20. The zero-order chi connectivity index (χ0) is 21.6. The van der Waals surface area contributed by atoms with Crippen molar-refractivity contribution < 1.29 is 4.79 Å². The summed E-state index contributed by atoms with van der Waals surface area (Å²) in [6.07, 6.45) is 0.787. The zero-order valence-electron chi connectivity index (χ0n) is 17.5. The Bertz CT molecular complexity index is 1390. The molecule has 156 valence electrons. The molecule has 0 saturated heterocycles. The van der Waals surface area contributed by atoms with Crippen molar-refractivity contribution in [3.8, 4) is 0 Å². The van der Waals surface area contributed by atoms with Crippen molar-refractivity contribution in [2.45, 2.75) is 47.2 Å². The molecule has 8 heteroatoms. The highest BCUT2D eigenvalue weighted by atomic mass is 32.1. The van der Waals surface area contributed by atoms with Gasteiger partial charge in [0.05, 0.1) is 5.52 Å². The van der Waals surface area contributed by atoms with Gasteiger partial charge in [-0.15, -0.1) is 16.4 Å². The average molecular weight is 425 g/mol. The van der Waals surface area contributed by atoms with Gasteiger partial charge in [0, 0.05) is 12.1 Å². The van der Waals surface area contributed by atoms with E-state index in [1.165, 1.54) is 20.4 Å². The maximum absolute atomic E-state index is 13.1. The molecule has 0 fully saturated rings. The highest BCUT2D eigenvalue weighted by Crippen LogP contribution is 2.18. The van der Waals surface area contributed by atoms with E-state index < -0.39 is 5.69 Å². The third kappa shape index (κ3) is 3.41. The summed E-state index contributed by atoms with van der Waals surface area (Å²) < 4.78 is 4.69. The van der Waals surface area contributed by atoms with Crippen molar-refractivity contribution in [3.05, 3.63) is 67.2 Å². The number of ketones is 1. The molecular formula is C22H24N4O3S. The van der Waals surface area contributed by atoms with Gasteiger partial charge in [-0.25, -0.2) is 13.9 Å². The van der Waals surface area contributed by atoms with Gasteiger partial charge in [-0.2, -0.15) is 0 Å². The SMILES string of the molecule is Cc1ccc(C(=O)Cn2nc3n(CCC(C)C)c(=O)c4sccc4n3c2=O)c(C)c1. The van der Waals surface area contributed by atoms with Crippen LogP contribution in [0.1, 0.15) is 41.8 Å². The largest absolute Gasteiger partial charge is 0.352 e. The molecule has 0 saturated carbocycles. The molecular weight excluding hydrogens is 400 g/mol. The Balaban J connectivity index is 1.85. The van der Waals surface area contributed by atoms with E-state index in [-0.39, 0.29) is 23.7 Å². The molecule has 0 amide bonds. The molecule has 0 bridgehead atoms. The van der Waals surface area contributed by atoms with Crippen LogP contribution >= 0.6 is 11.3 Å². The Morgan fingerprint density at radius 1 is 1.17 bits per heavy atom. The number of Topliss-reactive ketones (excluding diaryl/α,β-unsaturated/α-hetero) is 1. The van der Waals surface area contributed by atoms with E-state index in [0.29, 0.717) is 28.2 Å². The molecule has 4 aromatic rings. The molecule has 0 aliphatic heterocycles. The monoisotopic (exact) mass is 424 g/mol. The topological polar surface area (TPSA) is 78.4 Å². The van der Waals surface area contributed by atoms with Crippen LogP contribution in [0.5, 0.6) is 0 Å². The lowest BCUT2D eigenvalue weighted by Gasteiger charge is -2.09. The fraction of sp³-hybridized carbons (Fsp3) is 0.364. The maximum Gasteiger partial charge on any atom is 0.352 e. The molecule has 0 spiro atoms. The van der Waals surface area contributed by atoms with E-state index in [1.54, 1.807) is 22.1 Å². The Kier molecular flexibility index (Phi) is 5.19. The lowest BCUT2D eigenvalue weighted by Crippen LogP contribution is -2.27. The number of thiophene rings is 1. The van der Waals surface area contributed by atoms with Crippen molar-refractivity contribution in [2.24, 2.45) is 5.92 Å². The molecule has 0 N–H and O–H groups in total. The van der Waals surface area contributed by atoms with Gasteiger partial charge in [0.15, 0.2) is 5.78 Å². The minimum absolute atomic E-state index is 0.147. The fourth-order valence-electron chi connectivity index (χ4n) is 3.67. The molecule has 4 rings (SSSR count). The van der Waals surface area contributed by atoms with Crippen molar-refractivity contribution in [2.75, 3.05) is 0 Å². The molecule has 0 radical (unpaired) electrons. The first-order chi connectivity index (χ1) is 14.3. The van der Waals surface area contributed by atoms with Gasteiger partial charge < -0.3 is 0 Å². The molecule has 0 atom stereocenters. The van der Waals surface area contributed by atoms with Crippen LogP contribution in [0.15, 0.2) is 39.2 Å². The Hall–Kier alpha value is -3.00. The number of rotatable bonds is 6. The summed E-state index contributed by atoms with van der Waals surface area (Å²) in [5.41, 5.74) is 2.49. The van der Waals surface area contributed by atoms with Crippen LogP contribution in [0.2, 0.25) is 0 Å². The van der Waals surface area contributed by atoms with Crippen molar-refractivity contribution >= 4 is 33.1 Å². The lowest BCUT2D eigenvalue weighted by atomic mass is 10.0. The Labute approximate surface area is 177 Å². The first-order valence-corrected chi connectivity index (χ1v) is 10.9. The zero-order valence-corrected chi connectivity index (χ0v) is 18.3. The number of fused-ring (bicyclic) bond motifs is 3. The molecule has 0 aliphatic carbocycles. The summed E-state index contributed by atoms with van der Waals surface area (Å²) in [4.78, 5) is 39.0. The van der Waals surface area contributed by atoms with Gasteiger partial charge in [-0.05, 0) is 43.2 Å². The van der Waals surface area contributed by atoms with E-state index in [0.717, 1.165) is 17.5 Å². The quantitative estimate of drug-likeness (QED) is 0.444. The van der Waals surface area contributed by atoms with Crippen molar-refractivity contribution in [3.63, 3.8) is 0 Å². The second kappa shape index (κ2) is 7.68. The summed E-state index contributed by atoms with van der Waals surface area (Å²) in [7, 11) is 0. The molecule has 3 heterocycles. The van der Waals surface area contributed by atoms with Crippen molar-refractivity contribution in [1.29, 1.82) is 0 Å². The van der Waals surface area contributed by atoms with Gasteiger partial charge in [-0.1, -0.05) is 37.6 Å². The number of carbonyl (C=O) groups is 1. The lowest BCUT2D eigenvalue weighted by molar-refractivity contribution is 0.0965. The predicted molar refractivity (Wildman–Crippen MR) is 119 cm³/mol. The fourth-order valence-corrected chi connectivity index (χ4v) is 4.50. The Morgan fingerprint density at radius 3 is 2.63 bits per heavy atom. The van der Waals surface area contributed by atoms with Crippen LogP contribution in [0.4, 0.5) is 0 Å². The molecule has 7 nitrogen and oxygen atoms in total. The third-order valence-corrected chi connectivity index (χ3v) is 6.19. The minimum atomic E-state index is -0.412. The molecule has 30 heavy (non-hydrogen) atoms. The van der Waals surface area contributed by atoms with Crippen molar-refractivity contribution in [1.82, 2.24) is 18.7 Å². The van der Waals surface area contributed by atoms with Gasteiger partial charge in [0.1, 0.15) is 11.2 Å². The number of hydrogen-bond acceptors (Lipinski definition) is 5. The molecule has 0 aliphatic rings. The standard InChI is InChI=1S/C22H24N4O3S/c1-13(2)7-9-24-20(28)19-17(8-10-30-19)26-21(24)23-25(22(26)29)12-18(27)16-6-5-14(3)11-15(16)4/h5-6,8,10-11,13H,7,9,12H2,1-4H3. The maximum atomic E-state index is 13.1. The van der Waals surface area contributed by atoms with Crippen LogP contribution < -0.4 is 11.2 Å². The van der Waals surface area contributed by atoms with Crippen LogP contribution in [-0.4, -0.2) is 24.5 Å². The molecule has 0 unspecified atom stereocenters. The third-order valence-electron chi connectivity index (χ3n) is 5.29. The van der Waals surface area contributed by atoms with E-state index in [1.807, 2.05) is 26.0 Å². The van der Waals surface area contributed by atoms with Crippen LogP contribution in [-0.2, 0) is 13.1 Å². The van der Waals surface area contributed by atoms with Gasteiger partial charge in [0.25, 0.3) is 5.56 Å². The normalized spacial score (nSPS) is 11.8. The van der Waals surface area contributed by atoms with Crippen LogP contribution in [0, 0.1) is 19.8 Å².